The highest BCUT2D eigenvalue weighted by Crippen LogP contribution is 2.32. The first kappa shape index (κ1) is 18.1. The van der Waals surface area contributed by atoms with Crippen molar-refractivity contribution < 1.29 is 18.0 Å². The number of hydrogen-bond donors (Lipinski definition) is 1. The van der Waals surface area contributed by atoms with Crippen LogP contribution >= 0.6 is 11.3 Å². The van der Waals surface area contributed by atoms with Gasteiger partial charge in [-0.15, -0.1) is 10.2 Å². The Balaban J connectivity index is 1.77. The third-order valence-corrected chi connectivity index (χ3v) is 4.64. The van der Waals surface area contributed by atoms with Crippen molar-refractivity contribution in [1.82, 2.24) is 15.2 Å². The average Bonchev–Trinajstić information content (AvgIpc) is 3.19. The number of benzene rings is 2. The summed E-state index contributed by atoms with van der Waals surface area (Å²) in [6.07, 6.45) is -4.44. The van der Waals surface area contributed by atoms with Gasteiger partial charge in [-0.3, -0.25) is 10.1 Å². The second-order valence-electron chi connectivity index (χ2n) is 5.85. The Bertz CT molecular complexity index is 1160. The van der Waals surface area contributed by atoms with Gasteiger partial charge >= 0.3 is 6.18 Å². The molecule has 0 bridgehead atoms. The van der Waals surface area contributed by atoms with Crippen molar-refractivity contribution in [2.24, 2.45) is 0 Å². The summed E-state index contributed by atoms with van der Waals surface area (Å²) in [4.78, 5) is 17.1. The second-order valence-corrected chi connectivity index (χ2v) is 6.68. The van der Waals surface area contributed by atoms with Gasteiger partial charge in [-0.05, 0) is 24.3 Å². The lowest BCUT2D eigenvalue weighted by Crippen LogP contribution is -2.12. The molecule has 1 N–H and O–H groups in total. The lowest BCUT2D eigenvalue weighted by Gasteiger charge is -2.10. The maximum atomic E-state index is 13.0. The molecule has 0 saturated carbocycles. The first-order valence-electron chi connectivity index (χ1n) is 8.07. The molecule has 0 atom stereocenters. The van der Waals surface area contributed by atoms with Crippen LogP contribution < -0.4 is 5.32 Å². The molecule has 0 aliphatic heterocycles. The quantitative estimate of drug-likeness (QED) is 0.524. The van der Waals surface area contributed by atoms with Gasteiger partial charge in [-0.25, -0.2) is 4.98 Å². The molecular weight excluding hydrogens is 389 g/mol. The Hall–Kier alpha value is -3.33. The zero-order valence-corrected chi connectivity index (χ0v) is 14.9. The molecular formula is C19H11F3N4OS. The van der Waals surface area contributed by atoms with E-state index in [4.69, 9.17) is 0 Å². The Kier molecular flexibility index (Phi) is 4.52. The lowest BCUT2D eigenvalue weighted by molar-refractivity contribution is -0.137. The fraction of sp³-hybridized carbons (Fsp3) is 0.0526. The number of carbonyl (C=O) groups is 1. The summed E-state index contributed by atoms with van der Waals surface area (Å²) in [5.74, 6) is -0.420. The number of carbonyl (C=O) groups excluding carboxylic acids is 1. The first-order chi connectivity index (χ1) is 13.4. The zero-order chi connectivity index (χ0) is 19.7. The van der Waals surface area contributed by atoms with E-state index in [0.29, 0.717) is 32.9 Å². The number of nitrogens with one attached hydrogen (secondary N) is 1. The van der Waals surface area contributed by atoms with Crippen LogP contribution in [0.5, 0.6) is 0 Å². The number of para-hydroxylation sites is 1. The smallest absolute Gasteiger partial charge is 0.296 e. The molecule has 28 heavy (non-hydrogen) atoms. The fourth-order valence-corrected chi connectivity index (χ4v) is 3.18. The van der Waals surface area contributed by atoms with Gasteiger partial charge < -0.3 is 0 Å². The number of anilines is 1. The van der Waals surface area contributed by atoms with Gasteiger partial charge in [-0.2, -0.15) is 13.2 Å². The van der Waals surface area contributed by atoms with Crippen LogP contribution in [0.1, 0.15) is 15.9 Å². The minimum absolute atomic E-state index is 0.293. The van der Waals surface area contributed by atoms with Crippen molar-refractivity contribution in [3.05, 3.63) is 71.2 Å². The predicted octanol–water partition coefficient (Wildman–Crippen LogP) is 5.02. The van der Waals surface area contributed by atoms with E-state index >= 15 is 0 Å². The van der Waals surface area contributed by atoms with E-state index in [1.165, 1.54) is 22.9 Å². The highest BCUT2D eigenvalue weighted by Gasteiger charge is 2.30. The summed E-state index contributed by atoms with van der Waals surface area (Å²) in [6, 6.07) is 13.4. The van der Waals surface area contributed by atoms with Crippen LogP contribution in [0.3, 0.4) is 0 Å². The van der Waals surface area contributed by atoms with Crippen molar-refractivity contribution in [3.63, 3.8) is 0 Å². The first-order valence-corrected chi connectivity index (χ1v) is 8.95. The van der Waals surface area contributed by atoms with E-state index in [-0.39, 0.29) is 0 Å². The maximum Gasteiger partial charge on any atom is 0.416 e. The molecule has 1 amide bonds. The molecule has 9 heteroatoms. The number of hydrogen-bond acceptors (Lipinski definition) is 5. The van der Waals surface area contributed by atoms with E-state index in [1.807, 2.05) is 0 Å². The predicted molar refractivity (Wildman–Crippen MR) is 100 cm³/mol. The number of amides is 1. The van der Waals surface area contributed by atoms with Crippen molar-refractivity contribution in [2.45, 2.75) is 6.18 Å². The van der Waals surface area contributed by atoms with Gasteiger partial charge in [0.15, 0.2) is 0 Å². The van der Waals surface area contributed by atoms with Crippen LogP contribution in [-0.2, 0) is 6.18 Å². The summed E-state index contributed by atoms with van der Waals surface area (Å²) >= 11 is 1.17. The molecule has 4 rings (SSSR count). The lowest BCUT2D eigenvalue weighted by atomic mass is 10.0. The van der Waals surface area contributed by atoms with Gasteiger partial charge in [0.05, 0.1) is 22.3 Å². The Morgan fingerprint density at radius 2 is 1.86 bits per heavy atom. The fourth-order valence-electron chi connectivity index (χ4n) is 2.74. The van der Waals surface area contributed by atoms with Gasteiger partial charge in [0.1, 0.15) is 5.51 Å². The third kappa shape index (κ3) is 3.56. The van der Waals surface area contributed by atoms with Gasteiger partial charge in [0.2, 0.25) is 5.13 Å². The number of nitrogens with zero attached hydrogens (tertiary/aromatic N) is 3. The van der Waals surface area contributed by atoms with Crippen LogP contribution in [0.4, 0.5) is 18.3 Å². The van der Waals surface area contributed by atoms with E-state index < -0.39 is 17.6 Å². The summed E-state index contributed by atoms with van der Waals surface area (Å²) < 4.78 is 39.0. The third-order valence-electron chi connectivity index (χ3n) is 4.03. The number of fused-ring (bicyclic) bond motifs is 1. The van der Waals surface area contributed by atoms with E-state index in [1.54, 1.807) is 36.4 Å². The number of rotatable bonds is 3. The van der Waals surface area contributed by atoms with Crippen molar-refractivity contribution >= 4 is 33.3 Å². The topological polar surface area (TPSA) is 67.8 Å². The number of alkyl halides is 3. The Morgan fingerprint density at radius 3 is 2.61 bits per heavy atom. The molecule has 0 spiro atoms. The highest BCUT2D eigenvalue weighted by molar-refractivity contribution is 7.13. The normalized spacial score (nSPS) is 11.5. The maximum absolute atomic E-state index is 13.0. The van der Waals surface area contributed by atoms with E-state index in [0.717, 1.165) is 12.1 Å². The summed E-state index contributed by atoms with van der Waals surface area (Å²) in [5.41, 5.74) is 2.07. The van der Waals surface area contributed by atoms with E-state index in [2.05, 4.69) is 20.5 Å². The van der Waals surface area contributed by atoms with E-state index in [9.17, 15) is 18.0 Å². The molecule has 0 radical (unpaired) electrons. The molecule has 2 aromatic carbocycles. The number of halogens is 3. The standard InChI is InChI=1S/C19H11F3N4OS/c20-19(21,22)13-5-1-4-12(9-13)15-8-7-11-3-2-6-14(16(11)24-15)17(27)25-18-26-23-10-28-18/h1-10H,(H,25,26,27). The molecule has 140 valence electrons. The minimum atomic E-state index is -4.44. The minimum Gasteiger partial charge on any atom is -0.296 e. The van der Waals surface area contributed by atoms with Gasteiger partial charge in [0.25, 0.3) is 5.91 Å². The number of pyridine rings is 1. The second kappa shape index (κ2) is 7.01. The monoisotopic (exact) mass is 400 g/mol. The molecule has 0 aliphatic carbocycles. The average molecular weight is 400 g/mol. The molecule has 0 aliphatic rings. The molecule has 0 saturated heterocycles. The largest absolute Gasteiger partial charge is 0.416 e. The number of aromatic nitrogens is 3. The molecule has 2 heterocycles. The zero-order valence-electron chi connectivity index (χ0n) is 14.1. The van der Waals surface area contributed by atoms with Crippen LogP contribution in [0.25, 0.3) is 22.2 Å². The molecule has 2 aromatic heterocycles. The van der Waals surface area contributed by atoms with Crippen LogP contribution in [0, 0.1) is 0 Å². The molecule has 5 nitrogen and oxygen atoms in total. The SMILES string of the molecule is O=C(Nc1nncs1)c1cccc2ccc(-c3cccc(C(F)(F)F)c3)nc12. The van der Waals surface area contributed by atoms with Gasteiger partial charge in [-0.1, -0.05) is 41.7 Å². The van der Waals surface area contributed by atoms with Crippen molar-refractivity contribution in [2.75, 3.05) is 5.32 Å². The summed E-state index contributed by atoms with van der Waals surface area (Å²) in [7, 11) is 0. The van der Waals surface area contributed by atoms with Crippen LogP contribution in [0.15, 0.2) is 60.1 Å². The van der Waals surface area contributed by atoms with Gasteiger partial charge in [0, 0.05) is 10.9 Å². The highest BCUT2D eigenvalue weighted by atomic mass is 32.1. The van der Waals surface area contributed by atoms with Crippen LogP contribution in [0.2, 0.25) is 0 Å². The molecule has 4 aromatic rings. The van der Waals surface area contributed by atoms with Crippen molar-refractivity contribution in [1.29, 1.82) is 0 Å². The summed E-state index contributed by atoms with van der Waals surface area (Å²) in [6.45, 7) is 0. The molecule has 0 unspecified atom stereocenters. The Labute approximate surface area is 160 Å². The summed E-state index contributed by atoms with van der Waals surface area (Å²) in [5, 5.41) is 11.1. The van der Waals surface area contributed by atoms with Crippen LogP contribution in [-0.4, -0.2) is 21.1 Å². The molecule has 0 fully saturated rings. The Morgan fingerprint density at radius 1 is 1.04 bits per heavy atom. The van der Waals surface area contributed by atoms with Crippen molar-refractivity contribution in [3.8, 4) is 11.3 Å².